The lowest BCUT2D eigenvalue weighted by Gasteiger charge is -2.28. The number of anilines is 1. The Bertz CT molecular complexity index is 1400. The average molecular weight is 504 g/mol. The van der Waals surface area contributed by atoms with Crippen LogP contribution in [-0.2, 0) is 27.4 Å². The number of aryl methyl sites for hydroxylation is 1. The molecule has 1 saturated heterocycles. The molecule has 3 aromatic rings. The zero-order valence-corrected chi connectivity index (χ0v) is 20.4. The Morgan fingerprint density at radius 1 is 1.03 bits per heavy atom. The Balaban J connectivity index is 1.57. The van der Waals surface area contributed by atoms with Gasteiger partial charge in [0.15, 0.2) is 11.5 Å². The fourth-order valence-electron chi connectivity index (χ4n) is 3.78. The smallest absolute Gasteiger partial charge is 0.373 e. The standard InChI is InChI=1S/C27H24N2O8/c1-4-17-7-5-6-8-20(17)29-25(31)19(24(30)28-27(29)33)13-16-9-11-21(23(14-16)34-2)36-15-18-10-12-22(37-18)26(32)35-3/h5-14H,4,15H2,1-3H3,(H,28,30,33). The highest BCUT2D eigenvalue weighted by Crippen LogP contribution is 2.31. The van der Waals surface area contributed by atoms with Gasteiger partial charge in [0.1, 0.15) is 17.9 Å². The quantitative estimate of drug-likeness (QED) is 0.278. The van der Waals surface area contributed by atoms with Gasteiger partial charge < -0.3 is 18.6 Å². The molecule has 10 nitrogen and oxygen atoms in total. The molecule has 10 heteroatoms. The molecule has 1 fully saturated rings. The lowest BCUT2D eigenvalue weighted by molar-refractivity contribution is -0.122. The summed E-state index contributed by atoms with van der Waals surface area (Å²) in [5, 5.41) is 2.23. The molecule has 0 spiro atoms. The fraction of sp³-hybridized carbons (Fsp3) is 0.185. The van der Waals surface area contributed by atoms with E-state index in [9.17, 15) is 19.2 Å². The van der Waals surface area contributed by atoms with Gasteiger partial charge in [-0.3, -0.25) is 14.9 Å². The van der Waals surface area contributed by atoms with Crippen molar-refractivity contribution in [3.63, 3.8) is 0 Å². The van der Waals surface area contributed by atoms with Gasteiger partial charge in [0.05, 0.1) is 19.9 Å². The maximum Gasteiger partial charge on any atom is 0.373 e. The first kappa shape index (κ1) is 25.2. The number of para-hydroxylation sites is 1. The molecule has 0 aliphatic carbocycles. The Morgan fingerprint density at radius 3 is 2.54 bits per heavy atom. The van der Waals surface area contributed by atoms with E-state index < -0.39 is 23.8 Å². The highest BCUT2D eigenvalue weighted by Gasteiger charge is 2.37. The number of hydrogen-bond donors (Lipinski definition) is 1. The van der Waals surface area contributed by atoms with Crippen molar-refractivity contribution < 1.29 is 37.8 Å². The highest BCUT2D eigenvalue weighted by molar-refractivity contribution is 6.39. The van der Waals surface area contributed by atoms with Crippen molar-refractivity contribution >= 4 is 35.6 Å². The van der Waals surface area contributed by atoms with Crippen LogP contribution in [0.1, 0.15) is 34.4 Å². The summed E-state index contributed by atoms with van der Waals surface area (Å²) < 4.78 is 21.2. The van der Waals surface area contributed by atoms with Crippen molar-refractivity contribution in [1.29, 1.82) is 0 Å². The number of nitrogens with one attached hydrogen (secondary N) is 1. The van der Waals surface area contributed by atoms with Crippen LogP contribution in [0.5, 0.6) is 11.5 Å². The summed E-state index contributed by atoms with van der Waals surface area (Å²) in [4.78, 5) is 50.9. The van der Waals surface area contributed by atoms with Crippen LogP contribution in [0.15, 0.2) is 64.6 Å². The molecule has 1 N–H and O–H groups in total. The summed E-state index contributed by atoms with van der Waals surface area (Å²) in [7, 11) is 2.70. The molecule has 0 radical (unpaired) electrons. The van der Waals surface area contributed by atoms with Gasteiger partial charge in [-0.2, -0.15) is 0 Å². The minimum absolute atomic E-state index is 0.0165. The zero-order valence-electron chi connectivity index (χ0n) is 20.4. The second-order valence-electron chi connectivity index (χ2n) is 7.90. The molecular formula is C27H24N2O8. The van der Waals surface area contributed by atoms with E-state index in [0.717, 1.165) is 10.5 Å². The molecule has 37 heavy (non-hydrogen) atoms. The van der Waals surface area contributed by atoms with Gasteiger partial charge in [0.2, 0.25) is 5.76 Å². The van der Waals surface area contributed by atoms with E-state index in [4.69, 9.17) is 13.9 Å². The molecule has 0 atom stereocenters. The number of ether oxygens (including phenoxy) is 3. The highest BCUT2D eigenvalue weighted by atomic mass is 16.5. The Kier molecular flexibility index (Phi) is 7.38. The molecule has 0 unspecified atom stereocenters. The second-order valence-corrected chi connectivity index (χ2v) is 7.90. The van der Waals surface area contributed by atoms with Crippen molar-refractivity contribution in [3.8, 4) is 11.5 Å². The first-order valence-corrected chi connectivity index (χ1v) is 11.3. The van der Waals surface area contributed by atoms with E-state index in [1.54, 1.807) is 36.4 Å². The molecule has 4 amide bonds. The van der Waals surface area contributed by atoms with Crippen LogP contribution in [-0.4, -0.2) is 38.0 Å². The third-order valence-corrected chi connectivity index (χ3v) is 5.63. The van der Waals surface area contributed by atoms with E-state index in [-0.39, 0.29) is 17.9 Å². The number of barbiturate groups is 1. The van der Waals surface area contributed by atoms with E-state index in [1.807, 2.05) is 19.1 Å². The third-order valence-electron chi connectivity index (χ3n) is 5.63. The summed E-state index contributed by atoms with van der Waals surface area (Å²) in [6.07, 6.45) is 1.98. The molecule has 0 saturated carbocycles. The van der Waals surface area contributed by atoms with Gasteiger partial charge in [-0.05, 0) is 54.0 Å². The number of benzene rings is 2. The summed E-state index contributed by atoms with van der Waals surface area (Å²) in [6, 6.07) is 14.1. The monoisotopic (exact) mass is 504 g/mol. The van der Waals surface area contributed by atoms with Gasteiger partial charge in [-0.25, -0.2) is 14.5 Å². The number of carbonyl (C=O) groups excluding carboxylic acids is 4. The number of furan rings is 1. The molecule has 0 bridgehead atoms. The summed E-state index contributed by atoms with van der Waals surface area (Å²) in [5.74, 6) is -0.960. The van der Waals surface area contributed by atoms with Crippen molar-refractivity contribution in [2.45, 2.75) is 20.0 Å². The number of esters is 1. The third kappa shape index (κ3) is 5.22. The molecular weight excluding hydrogens is 480 g/mol. The first-order valence-electron chi connectivity index (χ1n) is 11.3. The molecule has 1 aliphatic heterocycles. The minimum atomic E-state index is -0.803. The second kappa shape index (κ2) is 10.8. The van der Waals surface area contributed by atoms with Gasteiger partial charge in [0, 0.05) is 0 Å². The predicted molar refractivity (Wildman–Crippen MR) is 132 cm³/mol. The molecule has 1 aromatic heterocycles. The van der Waals surface area contributed by atoms with Gasteiger partial charge in [-0.15, -0.1) is 0 Å². The number of carbonyl (C=O) groups is 4. The summed E-state index contributed by atoms with van der Waals surface area (Å²) in [6.45, 7) is 1.93. The first-order chi connectivity index (χ1) is 17.9. The lowest BCUT2D eigenvalue weighted by atomic mass is 10.0. The van der Waals surface area contributed by atoms with Crippen molar-refractivity contribution in [2.24, 2.45) is 0 Å². The van der Waals surface area contributed by atoms with E-state index in [0.29, 0.717) is 34.9 Å². The van der Waals surface area contributed by atoms with Crippen molar-refractivity contribution in [1.82, 2.24) is 5.32 Å². The number of imide groups is 2. The van der Waals surface area contributed by atoms with Crippen LogP contribution < -0.4 is 19.7 Å². The largest absolute Gasteiger partial charge is 0.493 e. The fourth-order valence-corrected chi connectivity index (χ4v) is 3.78. The van der Waals surface area contributed by atoms with Crippen LogP contribution in [0.3, 0.4) is 0 Å². The summed E-state index contributed by atoms with van der Waals surface area (Å²) >= 11 is 0. The summed E-state index contributed by atoms with van der Waals surface area (Å²) in [5.41, 5.74) is 1.48. The molecule has 2 aromatic carbocycles. The number of hydrogen-bond acceptors (Lipinski definition) is 8. The van der Waals surface area contributed by atoms with Crippen LogP contribution >= 0.6 is 0 Å². The van der Waals surface area contributed by atoms with Crippen LogP contribution in [0.4, 0.5) is 10.5 Å². The van der Waals surface area contributed by atoms with Gasteiger partial charge in [0.25, 0.3) is 11.8 Å². The molecule has 190 valence electrons. The number of rotatable bonds is 8. The van der Waals surface area contributed by atoms with Crippen LogP contribution in [0, 0.1) is 0 Å². The van der Waals surface area contributed by atoms with Crippen LogP contribution in [0.2, 0.25) is 0 Å². The average Bonchev–Trinajstić information content (AvgIpc) is 3.39. The van der Waals surface area contributed by atoms with Crippen LogP contribution in [0.25, 0.3) is 6.08 Å². The predicted octanol–water partition coefficient (Wildman–Crippen LogP) is 3.88. The lowest BCUT2D eigenvalue weighted by Crippen LogP contribution is -2.54. The van der Waals surface area contributed by atoms with Gasteiger partial charge in [-0.1, -0.05) is 31.2 Å². The Hall–Kier alpha value is -4.86. The SMILES string of the molecule is CCc1ccccc1N1C(=O)NC(=O)C(=Cc2ccc(OCc3ccc(C(=O)OC)o3)c(OC)c2)C1=O. The number of methoxy groups -OCH3 is 2. The topological polar surface area (TPSA) is 124 Å². The number of nitrogens with zero attached hydrogens (tertiary/aromatic N) is 1. The van der Waals surface area contributed by atoms with Gasteiger partial charge >= 0.3 is 12.0 Å². The molecule has 4 rings (SSSR count). The molecule has 2 heterocycles. The minimum Gasteiger partial charge on any atom is -0.493 e. The van der Waals surface area contributed by atoms with E-state index in [2.05, 4.69) is 10.1 Å². The maximum atomic E-state index is 13.2. The van der Waals surface area contributed by atoms with Crippen molar-refractivity contribution in [3.05, 3.63) is 82.8 Å². The van der Waals surface area contributed by atoms with Crippen molar-refractivity contribution in [2.75, 3.05) is 19.1 Å². The van der Waals surface area contributed by atoms with E-state index in [1.165, 1.54) is 26.4 Å². The molecule has 1 aliphatic rings. The van der Waals surface area contributed by atoms with E-state index >= 15 is 0 Å². The Labute approximate surface area is 212 Å². The Morgan fingerprint density at radius 2 is 1.81 bits per heavy atom. The normalized spacial score (nSPS) is 14.5. The number of urea groups is 1. The zero-order chi connectivity index (χ0) is 26.5. The maximum absolute atomic E-state index is 13.2. The number of amides is 4.